The van der Waals surface area contributed by atoms with E-state index in [4.69, 9.17) is 9.47 Å². The number of carbonyl (C=O) groups is 2. The van der Waals surface area contributed by atoms with Crippen molar-refractivity contribution in [3.63, 3.8) is 0 Å². The lowest BCUT2D eigenvalue weighted by Gasteiger charge is -2.33. The van der Waals surface area contributed by atoms with Crippen LogP contribution in [0.15, 0.2) is 71.6 Å². The third-order valence-corrected chi connectivity index (χ3v) is 8.40. The Hall–Kier alpha value is -4.12. The molecule has 1 atom stereocenters. The summed E-state index contributed by atoms with van der Waals surface area (Å²) in [7, 11) is -1.46. The maximum Gasteiger partial charge on any atom is 0.264 e. The van der Waals surface area contributed by atoms with Gasteiger partial charge in [0.2, 0.25) is 11.8 Å². The van der Waals surface area contributed by atoms with Gasteiger partial charge >= 0.3 is 0 Å². The Kier molecular flexibility index (Phi) is 10.9. The van der Waals surface area contributed by atoms with Crippen molar-refractivity contribution >= 4 is 27.5 Å². The Morgan fingerprint density at radius 3 is 2.10 bits per heavy atom. The highest BCUT2D eigenvalue weighted by Gasteiger charge is 2.34. The number of rotatable bonds is 13. The van der Waals surface area contributed by atoms with E-state index >= 15 is 0 Å². The highest BCUT2D eigenvalue weighted by Crippen LogP contribution is 2.32. The smallest absolute Gasteiger partial charge is 0.264 e. The second-order valence-electron chi connectivity index (χ2n) is 10.1. The average molecular weight is 600 g/mol. The molecule has 0 bridgehead atoms. The minimum atomic E-state index is -4.30. The summed E-state index contributed by atoms with van der Waals surface area (Å²) in [5, 5.41) is 2.84. The quantitative estimate of drug-likeness (QED) is 0.306. The standard InChI is InChI=1S/C31H38FN3O6S/c1-7-27(31(37)33-21(2)3)34(19-23-10-12-24(32)13-11-23)30(36)20-35(25-14-8-22(4)9-15-25)42(38,39)26-16-17-28(40-5)29(18-26)41-6/h8-18,21,27H,7,19-20H2,1-6H3,(H,33,37). The first-order valence-electron chi connectivity index (χ1n) is 13.6. The fourth-order valence-electron chi connectivity index (χ4n) is 4.43. The van der Waals surface area contributed by atoms with E-state index in [9.17, 15) is 22.4 Å². The van der Waals surface area contributed by atoms with Gasteiger partial charge in [-0.25, -0.2) is 12.8 Å². The molecule has 3 aromatic carbocycles. The molecule has 226 valence electrons. The van der Waals surface area contributed by atoms with Gasteiger partial charge in [0.15, 0.2) is 11.5 Å². The second kappa shape index (κ2) is 14.2. The number of hydrogen-bond acceptors (Lipinski definition) is 6. The summed E-state index contributed by atoms with van der Waals surface area (Å²) in [6.07, 6.45) is 0.276. The van der Waals surface area contributed by atoms with Crippen LogP contribution in [-0.4, -0.2) is 58.0 Å². The molecule has 0 radical (unpaired) electrons. The molecule has 9 nitrogen and oxygen atoms in total. The third-order valence-electron chi connectivity index (χ3n) is 6.63. The number of anilines is 1. The highest BCUT2D eigenvalue weighted by atomic mass is 32.2. The monoisotopic (exact) mass is 599 g/mol. The Balaban J connectivity index is 2.09. The number of carbonyl (C=O) groups excluding carboxylic acids is 2. The van der Waals surface area contributed by atoms with Crippen LogP contribution in [0.25, 0.3) is 0 Å². The summed E-state index contributed by atoms with van der Waals surface area (Å²) >= 11 is 0. The Bertz CT molecular complexity index is 1480. The predicted molar refractivity (Wildman–Crippen MR) is 160 cm³/mol. The van der Waals surface area contributed by atoms with E-state index in [1.807, 2.05) is 20.8 Å². The number of sulfonamides is 1. The zero-order chi connectivity index (χ0) is 31.0. The van der Waals surface area contributed by atoms with Gasteiger partial charge in [-0.05, 0) is 69.2 Å². The zero-order valence-corrected chi connectivity index (χ0v) is 25.6. The molecule has 0 heterocycles. The van der Waals surface area contributed by atoms with Crippen LogP contribution in [0.1, 0.15) is 38.3 Å². The fraction of sp³-hybridized carbons (Fsp3) is 0.355. The molecule has 1 N–H and O–H groups in total. The first-order chi connectivity index (χ1) is 19.9. The SMILES string of the molecule is CCC(C(=O)NC(C)C)N(Cc1ccc(F)cc1)C(=O)CN(c1ccc(C)cc1)S(=O)(=O)c1ccc(OC)c(OC)c1. The Labute approximate surface area is 247 Å². The number of ether oxygens (including phenoxy) is 2. The normalized spacial score (nSPS) is 12.0. The van der Waals surface area contributed by atoms with Crippen LogP contribution in [0.4, 0.5) is 10.1 Å². The summed E-state index contributed by atoms with van der Waals surface area (Å²) < 4.78 is 53.4. The van der Waals surface area contributed by atoms with Gasteiger partial charge in [0, 0.05) is 18.7 Å². The molecule has 0 aliphatic rings. The number of methoxy groups -OCH3 is 2. The van der Waals surface area contributed by atoms with E-state index < -0.39 is 34.3 Å². The molecule has 0 saturated heterocycles. The average Bonchev–Trinajstić information content (AvgIpc) is 2.96. The van der Waals surface area contributed by atoms with E-state index in [0.717, 1.165) is 9.87 Å². The van der Waals surface area contributed by atoms with Gasteiger partial charge in [0.1, 0.15) is 18.4 Å². The molecular formula is C31H38FN3O6S. The van der Waals surface area contributed by atoms with Crippen LogP contribution in [-0.2, 0) is 26.2 Å². The van der Waals surface area contributed by atoms with Crippen LogP contribution >= 0.6 is 0 Å². The second-order valence-corrected chi connectivity index (χ2v) is 12.0. The fourth-order valence-corrected chi connectivity index (χ4v) is 5.86. The maximum absolute atomic E-state index is 14.1. The van der Waals surface area contributed by atoms with Gasteiger partial charge < -0.3 is 19.7 Å². The number of hydrogen-bond donors (Lipinski definition) is 1. The van der Waals surface area contributed by atoms with E-state index in [-0.39, 0.29) is 41.2 Å². The molecule has 3 rings (SSSR count). The molecule has 0 saturated carbocycles. The molecule has 0 fully saturated rings. The van der Waals surface area contributed by atoms with E-state index in [1.165, 1.54) is 61.6 Å². The van der Waals surface area contributed by atoms with Gasteiger partial charge in [0.05, 0.1) is 24.8 Å². The van der Waals surface area contributed by atoms with Crippen molar-refractivity contribution in [2.45, 2.75) is 57.6 Å². The van der Waals surface area contributed by atoms with Crippen molar-refractivity contribution in [2.24, 2.45) is 0 Å². The summed E-state index contributed by atoms with van der Waals surface area (Å²) in [6.45, 7) is 6.64. The number of aryl methyl sites for hydroxylation is 1. The molecular weight excluding hydrogens is 561 g/mol. The van der Waals surface area contributed by atoms with Gasteiger partial charge in [-0.15, -0.1) is 0 Å². The zero-order valence-electron chi connectivity index (χ0n) is 24.8. The van der Waals surface area contributed by atoms with Crippen molar-refractivity contribution in [3.05, 3.63) is 83.7 Å². The third kappa shape index (κ3) is 7.79. The lowest BCUT2D eigenvalue weighted by atomic mass is 10.1. The van der Waals surface area contributed by atoms with Gasteiger partial charge in [0.25, 0.3) is 10.0 Å². The van der Waals surface area contributed by atoms with Gasteiger partial charge in [-0.2, -0.15) is 0 Å². The van der Waals surface area contributed by atoms with Crippen LogP contribution in [0.5, 0.6) is 11.5 Å². The van der Waals surface area contributed by atoms with Crippen molar-refractivity contribution in [1.29, 1.82) is 0 Å². The van der Waals surface area contributed by atoms with Crippen molar-refractivity contribution in [1.82, 2.24) is 10.2 Å². The number of halogens is 1. The Morgan fingerprint density at radius 1 is 0.929 bits per heavy atom. The van der Waals surface area contributed by atoms with E-state index in [0.29, 0.717) is 11.3 Å². The van der Waals surface area contributed by atoms with Gasteiger partial charge in [-0.1, -0.05) is 36.8 Å². The van der Waals surface area contributed by atoms with Gasteiger partial charge in [-0.3, -0.25) is 13.9 Å². The minimum Gasteiger partial charge on any atom is -0.493 e. The topological polar surface area (TPSA) is 105 Å². The number of nitrogens with one attached hydrogen (secondary N) is 1. The molecule has 0 aliphatic carbocycles. The first kappa shape index (κ1) is 32.4. The molecule has 1 unspecified atom stereocenters. The van der Waals surface area contributed by atoms with Crippen LogP contribution in [0.2, 0.25) is 0 Å². The van der Waals surface area contributed by atoms with E-state index in [1.54, 1.807) is 31.2 Å². The largest absolute Gasteiger partial charge is 0.493 e. The van der Waals surface area contributed by atoms with E-state index in [2.05, 4.69) is 5.32 Å². The molecule has 42 heavy (non-hydrogen) atoms. The van der Waals surface area contributed by atoms with Crippen molar-refractivity contribution < 1.29 is 31.9 Å². The number of amides is 2. The van der Waals surface area contributed by atoms with Crippen LogP contribution in [0, 0.1) is 12.7 Å². The summed E-state index contributed by atoms with van der Waals surface area (Å²) in [5.74, 6) is -0.847. The molecule has 0 aromatic heterocycles. The van der Waals surface area contributed by atoms with Crippen molar-refractivity contribution in [3.8, 4) is 11.5 Å². The minimum absolute atomic E-state index is 0.0265. The first-order valence-corrected chi connectivity index (χ1v) is 15.0. The number of benzene rings is 3. The molecule has 0 aliphatic heterocycles. The van der Waals surface area contributed by atoms with Crippen molar-refractivity contribution in [2.75, 3.05) is 25.1 Å². The summed E-state index contributed by atoms with van der Waals surface area (Å²) in [6, 6.07) is 15.5. The highest BCUT2D eigenvalue weighted by molar-refractivity contribution is 7.92. The Morgan fingerprint density at radius 2 is 1.55 bits per heavy atom. The van der Waals surface area contributed by atoms with Crippen LogP contribution < -0.4 is 19.1 Å². The summed E-state index contributed by atoms with van der Waals surface area (Å²) in [5.41, 5.74) is 1.76. The van der Waals surface area contributed by atoms with Crippen LogP contribution in [0.3, 0.4) is 0 Å². The molecule has 3 aromatic rings. The molecule has 2 amide bonds. The maximum atomic E-state index is 14.1. The molecule has 11 heteroatoms. The summed E-state index contributed by atoms with van der Waals surface area (Å²) in [4.78, 5) is 28.5. The number of nitrogens with zero attached hydrogens (tertiary/aromatic N) is 2. The lowest BCUT2D eigenvalue weighted by Crippen LogP contribution is -2.53. The molecule has 0 spiro atoms. The predicted octanol–water partition coefficient (Wildman–Crippen LogP) is 4.68. The lowest BCUT2D eigenvalue weighted by molar-refractivity contribution is -0.140.